The van der Waals surface area contributed by atoms with E-state index in [0.717, 1.165) is 25.9 Å². The van der Waals surface area contributed by atoms with E-state index in [1.165, 1.54) is 0 Å². The van der Waals surface area contributed by atoms with Gasteiger partial charge in [-0.25, -0.2) is 0 Å². The van der Waals surface area contributed by atoms with Crippen LogP contribution in [0.2, 0.25) is 0 Å². The Morgan fingerprint density at radius 3 is 2.58 bits per heavy atom. The van der Waals surface area contributed by atoms with Gasteiger partial charge in [0.15, 0.2) is 0 Å². The molecule has 1 atom stereocenters. The number of amides is 2. The number of piperidine rings is 1. The Kier molecular flexibility index (Phi) is 4.13. The number of nitrogens with zero attached hydrogens (tertiary/aromatic N) is 2. The molecule has 2 aliphatic rings. The molecule has 0 aromatic carbocycles. The minimum atomic E-state index is -0.675. The van der Waals surface area contributed by atoms with Crippen LogP contribution >= 0.6 is 0 Å². The molecule has 0 spiro atoms. The number of piperazine rings is 1. The number of hydrogen-bond acceptors (Lipinski definition) is 3. The second-order valence-electron chi connectivity index (χ2n) is 5.83. The molecule has 2 rings (SSSR count). The van der Waals surface area contributed by atoms with E-state index >= 15 is 0 Å². The van der Waals surface area contributed by atoms with E-state index in [2.05, 4.69) is 17.3 Å². The molecule has 2 aliphatic heterocycles. The van der Waals surface area contributed by atoms with Gasteiger partial charge in [0.05, 0.1) is 6.54 Å². The zero-order chi connectivity index (χ0) is 14.0. The Hall–Kier alpha value is -1.10. The fourth-order valence-corrected chi connectivity index (χ4v) is 3.28. The van der Waals surface area contributed by atoms with Crippen LogP contribution in [-0.2, 0) is 9.59 Å². The van der Waals surface area contributed by atoms with Crippen LogP contribution in [0.25, 0.3) is 0 Å². The van der Waals surface area contributed by atoms with Crippen LogP contribution in [0.4, 0.5) is 0 Å². The highest BCUT2D eigenvalue weighted by molar-refractivity contribution is 5.98. The molecule has 1 N–H and O–H groups in total. The summed E-state index contributed by atoms with van der Waals surface area (Å²) in [5.41, 5.74) is -0.675. The maximum Gasteiger partial charge on any atom is 0.249 e. The normalized spacial score (nSPS) is 28.4. The van der Waals surface area contributed by atoms with E-state index in [9.17, 15) is 9.59 Å². The van der Waals surface area contributed by atoms with Gasteiger partial charge in [0.1, 0.15) is 5.54 Å². The maximum atomic E-state index is 12.8. The number of rotatable bonds is 3. The smallest absolute Gasteiger partial charge is 0.249 e. The predicted molar refractivity (Wildman–Crippen MR) is 73.7 cm³/mol. The summed E-state index contributed by atoms with van der Waals surface area (Å²) in [6, 6.07) is 0.190. The molecule has 2 saturated heterocycles. The quantitative estimate of drug-likeness (QED) is 0.814. The SMILES string of the molecule is CCC1(CC)NC(=O)CN(C2CCCN(C)C2)C1=O. The fraction of sp³-hybridized carbons (Fsp3) is 0.857. The lowest BCUT2D eigenvalue weighted by Gasteiger charge is -2.46. The summed E-state index contributed by atoms with van der Waals surface area (Å²) >= 11 is 0. The number of hydrogen-bond donors (Lipinski definition) is 1. The molecule has 19 heavy (non-hydrogen) atoms. The summed E-state index contributed by atoms with van der Waals surface area (Å²) in [5.74, 6) is 0.0916. The van der Waals surface area contributed by atoms with Gasteiger partial charge in [-0.3, -0.25) is 9.59 Å². The predicted octanol–water partition coefficient (Wildman–Crippen LogP) is 0.598. The Morgan fingerprint density at radius 2 is 2.00 bits per heavy atom. The van der Waals surface area contributed by atoms with Gasteiger partial charge in [-0.1, -0.05) is 13.8 Å². The summed E-state index contributed by atoms with van der Waals surface area (Å²) in [7, 11) is 2.08. The molecule has 5 heteroatoms. The third kappa shape index (κ3) is 2.61. The minimum absolute atomic E-state index is 0.0171. The topological polar surface area (TPSA) is 52.7 Å². The van der Waals surface area contributed by atoms with Gasteiger partial charge in [-0.2, -0.15) is 0 Å². The lowest BCUT2D eigenvalue weighted by Crippen LogP contribution is -2.69. The lowest BCUT2D eigenvalue weighted by atomic mass is 9.87. The van der Waals surface area contributed by atoms with Crippen LogP contribution in [0.15, 0.2) is 0 Å². The van der Waals surface area contributed by atoms with Crippen molar-refractivity contribution in [2.24, 2.45) is 0 Å². The van der Waals surface area contributed by atoms with Crippen molar-refractivity contribution in [1.29, 1.82) is 0 Å². The highest BCUT2D eigenvalue weighted by Gasteiger charge is 2.46. The van der Waals surface area contributed by atoms with Crippen molar-refractivity contribution in [3.63, 3.8) is 0 Å². The van der Waals surface area contributed by atoms with Gasteiger partial charge in [0.2, 0.25) is 11.8 Å². The van der Waals surface area contributed by atoms with E-state index in [1.54, 1.807) is 0 Å². The lowest BCUT2D eigenvalue weighted by molar-refractivity contribution is -0.153. The average molecular weight is 267 g/mol. The van der Waals surface area contributed by atoms with Gasteiger partial charge in [0, 0.05) is 12.6 Å². The van der Waals surface area contributed by atoms with E-state index in [-0.39, 0.29) is 24.4 Å². The number of likely N-dealkylation sites (tertiary alicyclic amines) is 1. The number of nitrogens with one attached hydrogen (secondary N) is 1. The Balaban J connectivity index is 2.19. The van der Waals surface area contributed by atoms with Crippen LogP contribution in [-0.4, -0.2) is 59.9 Å². The fourth-order valence-electron chi connectivity index (χ4n) is 3.28. The van der Waals surface area contributed by atoms with Gasteiger partial charge in [0.25, 0.3) is 0 Å². The van der Waals surface area contributed by atoms with Gasteiger partial charge in [-0.15, -0.1) is 0 Å². The monoisotopic (exact) mass is 267 g/mol. The minimum Gasteiger partial charge on any atom is -0.340 e. The number of likely N-dealkylation sites (N-methyl/N-ethyl adjacent to an activating group) is 1. The highest BCUT2D eigenvalue weighted by Crippen LogP contribution is 2.26. The molecule has 2 heterocycles. The largest absolute Gasteiger partial charge is 0.340 e. The van der Waals surface area contributed by atoms with Crippen LogP contribution in [0.5, 0.6) is 0 Å². The molecule has 0 saturated carbocycles. The van der Waals surface area contributed by atoms with Crippen molar-refractivity contribution in [2.75, 3.05) is 26.7 Å². The molecule has 0 bridgehead atoms. The molecule has 5 nitrogen and oxygen atoms in total. The zero-order valence-electron chi connectivity index (χ0n) is 12.2. The molecule has 0 aromatic heterocycles. The van der Waals surface area contributed by atoms with E-state index in [4.69, 9.17) is 0 Å². The van der Waals surface area contributed by atoms with Crippen molar-refractivity contribution in [3.05, 3.63) is 0 Å². The van der Waals surface area contributed by atoms with E-state index < -0.39 is 5.54 Å². The highest BCUT2D eigenvalue weighted by atomic mass is 16.2. The van der Waals surface area contributed by atoms with Crippen LogP contribution < -0.4 is 5.32 Å². The molecular weight excluding hydrogens is 242 g/mol. The second-order valence-corrected chi connectivity index (χ2v) is 5.83. The van der Waals surface area contributed by atoms with Gasteiger partial charge < -0.3 is 15.1 Å². The average Bonchev–Trinajstić information content (AvgIpc) is 2.41. The molecule has 0 aliphatic carbocycles. The molecular formula is C14H25N3O2. The van der Waals surface area contributed by atoms with Crippen molar-refractivity contribution in [1.82, 2.24) is 15.1 Å². The van der Waals surface area contributed by atoms with Crippen molar-refractivity contribution in [3.8, 4) is 0 Å². The second kappa shape index (κ2) is 5.49. The zero-order valence-corrected chi connectivity index (χ0v) is 12.2. The third-order valence-electron chi connectivity index (χ3n) is 4.61. The number of carbonyl (C=O) groups excluding carboxylic acids is 2. The van der Waals surface area contributed by atoms with Crippen LogP contribution in [0, 0.1) is 0 Å². The first kappa shape index (κ1) is 14.3. The Morgan fingerprint density at radius 1 is 1.32 bits per heavy atom. The Bertz CT molecular complexity index is 366. The van der Waals surface area contributed by atoms with E-state index in [0.29, 0.717) is 12.8 Å². The molecule has 2 fully saturated rings. The van der Waals surface area contributed by atoms with E-state index in [1.807, 2.05) is 18.7 Å². The Labute approximate surface area is 115 Å². The summed E-state index contributed by atoms with van der Waals surface area (Å²) in [5, 5.41) is 2.92. The first-order chi connectivity index (χ1) is 9.02. The van der Waals surface area contributed by atoms with Crippen molar-refractivity contribution >= 4 is 11.8 Å². The first-order valence-electron chi connectivity index (χ1n) is 7.33. The summed E-state index contributed by atoms with van der Waals surface area (Å²) in [4.78, 5) is 28.8. The van der Waals surface area contributed by atoms with Crippen LogP contribution in [0.3, 0.4) is 0 Å². The maximum absolute atomic E-state index is 12.8. The standard InChI is InChI=1S/C14H25N3O2/c1-4-14(5-2)13(19)17(10-12(18)15-14)11-7-6-8-16(3)9-11/h11H,4-10H2,1-3H3,(H,15,18). The summed E-state index contributed by atoms with van der Waals surface area (Å²) in [6.07, 6.45) is 3.42. The first-order valence-corrected chi connectivity index (χ1v) is 7.33. The molecule has 1 unspecified atom stereocenters. The summed E-state index contributed by atoms with van der Waals surface area (Å²) in [6.45, 7) is 6.12. The van der Waals surface area contributed by atoms with Crippen molar-refractivity contribution in [2.45, 2.75) is 51.1 Å². The summed E-state index contributed by atoms with van der Waals surface area (Å²) < 4.78 is 0. The molecule has 108 valence electrons. The molecule has 2 amide bonds. The number of carbonyl (C=O) groups is 2. The van der Waals surface area contributed by atoms with Crippen LogP contribution in [0.1, 0.15) is 39.5 Å². The molecule has 0 radical (unpaired) electrons. The van der Waals surface area contributed by atoms with Crippen molar-refractivity contribution < 1.29 is 9.59 Å². The molecule has 0 aromatic rings. The van der Waals surface area contributed by atoms with Gasteiger partial charge >= 0.3 is 0 Å². The third-order valence-corrected chi connectivity index (χ3v) is 4.61. The van der Waals surface area contributed by atoms with Gasteiger partial charge in [-0.05, 0) is 39.3 Å².